The van der Waals surface area contributed by atoms with Crippen LogP contribution in [0.4, 0.5) is 14.4 Å². The molecule has 5 saturated heterocycles. The monoisotopic (exact) mass is 1090 g/mol. The summed E-state index contributed by atoms with van der Waals surface area (Å²) in [7, 11) is -3.93. The van der Waals surface area contributed by atoms with E-state index in [1.165, 1.54) is 17.7 Å². The van der Waals surface area contributed by atoms with E-state index in [-0.39, 0.29) is 42.5 Å². The lowest BCUT2D eigenvalue weighted by atomic mass is 9.73. The van der Waals surface area contributed by atoms with Crippen LogP contribution in [0.3, 0.4) is 0 Å². The molecule has 20 heteroatoms. The van der Waals surface area contributed by atoms with Crippen LogP contribution in [-0.2, 0) is 35.1 Å². The number of aliphatic hydroxyl groups excluding tert-OH is 2. The number of aryl methyl sites for hydroxylation is 1. The third kappa shape index (κ3) is 20.3. The first kappa shape index (κ1) is 64.0. The third-order valence-electron chi connectivity index (χ3n) is 14.3. The van der Waals surface area contributed by atoms with E-state index in [1.54, 1.807) is 42.7 Å². The van der Waals surface area contributed by atoms with Gasteiger partial charge in [0, 0.05) is 111 Å². The van der Waals surface area contributed by atoms with E-state index in [2.05, 4.69) is 49.0 Å². The van der Waals surface area contributed by atoms with Gasteiger partial charge in [0.2, 0.25) is 0 Å². The SMILES string of the molecule is CC(C)(C)OC(=O)N1CCC2(CC1)CNC2.[C-]#[N+]C1(CO)CCN(C(=O)OC(C)(C)C)CC1.[C-]#[N+]C1(CO)CCN(Cc2ccccc2)CC1.[C-]#[N+]C1(COS(=O)(=O)c2ccc(C)cc2)CCN(C(=O)OC(C)(C)C)CC1. The van der Waals surface area contributed by atoms with Crippen molar-refractivity contribution in [1.29, 1.82) is 0 Å². The molecule has 426 valence electrons. The van der Waals surface area contributed by atoms with E-state index in [0.29, 0.717) is 57.3 Å². The predicted molar refractivity (Wildman–Crippen MR) is 294 cm³/mol. The zero-order chi connectivity index (χ0) is 57.4. The second kappa shape index (κ2) is 27.4. The van der Waals surface area contributed by atoms with Gasteiger partial charge in [-0.25, -0.2) is 34.1 Å². The summed E-state index contributed by atoms with van der Waals surface area (Å²) in [6.07, 6.45) is 4.53. The number of carbonyl (C=O) groups excluding carboxylic acids is 3. The van der Waals surface area contributed by atoms with Gasteiger partial charge >= 0.3 is 18.3 Å². The number of ether oxygens (including phenoxy) is 3. The Morgan fingerprint density at radius 3 is 1.27 bits per heavy atom. The first-order valence-corrected chi connectivity index (χ1v) is 28.1. The molecule has 0 bridgehead atoms. The maximum Gasteiger partial charge on any atom is 0.410 e. The van der Waals surface area contributed by atoms with Gasteiger partial charge in [-0.15, -0.1) is 0 Å². The van der Waals surface area contributed by atoms with E-state index in [1.807, 2.05) is 59.4 Å². The Kier molecular flexibility index (Phi) is 22.7. The standard InChI is InChI=1S/C19H26N2O5S.C14H18N2O.C12H20N2O3.C12H22N2O2/c1-15-6-8-16(9-7-15)27(23,24)25-14-19(20-5)10-12-21(13-11-19)17(22)26-18(2,3)4;1-15-14(12-17)7-9-16(10-8-14)11-13-5-3-2-4-6-13;1-11(2,3)17-10(16)14-7-5-12(9-15,13-4)6-8-14;1-11(2,3)16-10(15)14-6-4-12(5-7-14)8-13-9-12/h6-9H,10-14H2,1-4H3;2-6,17H,7-12H2;15H,5-9H2,1-3H3;13H,4-9H2,1-3H3. The lowest BCUT2D eigenvalue weighted by molar-refractivity contribution is 0.00137. The largest absolute Gasteiger partial charge is 0.444 e. The topological polar surface area (TPSA) is 201 Å². The summed E-state index contributed by atoms with van der Waals surface area (Å²) in [6.45, 7) is 48.1. The number of benzene rings is 2. The molecule has 19 nitrogen and oxygen atoms in total. The minimum Gasteiger partial charge on any atom is -0.444 e. The van der Waals surface area contributed by atoms with Crippen molar-refractivity contribution in [2.45, 2.75) is 165 Å². The van der Waals surface area contributed by atoms with E-state index in [9.17, 15) is 33.0 Å². The Labute approximate surface area is 459 Å². The molecule has 0 saturated carbocycles. The van der Waals surface area contributed by atoms with Crippen LogP contribution in [0.1, 0.15) is 125 Å². The van der Waals surface area contributed by atoms with Crippen molar-refractivity contribution in [3.63, 3.8) is 0 Å². The van der Waals surface area contributed by atoms with Crippen LogP contribution >= 0.6 is 0 Å². The highest BCUT2D eigenvalue weighted by atomic mass is 32.2. The number of nitrogens with one attached hydrogen (secondary N) is 1. The molecule has 2 aromatic carbocycles. The average Bonchev–Trinajstić information content (AvgIpc) is 3.38. The van der Waals surface area contributed by atoms with Crippen molar-refractivity contribution in [2.24, 2.45) is 5.41 Å². The van der Waals surface area contributed by atoms with Gasteiger partial charge in [0.1, 0.15) is 36.6 Å². The molecule has 2 aromatic rings. The Hall–Kier alpha value is -5.53. The van der Waals surface area contributed by atoms with Gasteiger partial charge < -0.3 is 59.0 Å². The minimum atomic E-state index is -3.93. The van der Waals surface area contributed by atoms with Crippen LogP contribution in [0.2, 0.25) is 0 Å². The Bertz CT molecular complexity index is 2450. The predicted octanol–water partition coefficient (Wildman–Crippen LogP) is 8.60. The van der Waals surface area contributed by atoms with Gasteiger partial charge in [-0.2, -0.15) is 8.42 Å². The van der Waals surface area contributed by atoms with E-state index in [0.717, 1.165) is 77.1 Å². The molecule has 5 fully saturated rings. The van der Waals surface area contributed by atoms with Gasteiger partial charge in [0.05, 0.1) is 4.90 Å². The van der Waals surface area contributed by atoms with Gasteiger partial charge in [-0.1, -0.05) is 48.0 Å². The van der Waals surface area contributed by atoms with Crippen molar-refractivity contribution in [1.82, 2.24) is 24.9 Å². The second-order valence-corrected chi connectivity index (χ2v) is 25.7. The first-order valence-electron chi connectivity index (χ1n) is 26.7. The number of rotatable bonds is 8. The number of piperidine rings is 4. The van der Waals surface area contributed by atoms with Crippen molar-refractivity contribution in [2.75, 3.05) is 85.3 Å². The summed E-state index contributed by atoms with van der Waals surface area (Å²) < 4.78 is 45.9. The zero-order valence-electron chi connectivity index (χ0n) is 47.4. The highest BCUT2D eigenvalue weighted by molar-refractivity contribution is 7.86. The van der Waals surface area contributed by atoms with E-state index >= 15 is 0 Å². The molecule has 0 aromatic heterocycles. The summed E-state index contributed by atoms with van der Waals surface area (Å²) in [4.78, 5) is 53.9. The normalized spacial score (nSPS) is 19.7. The number of carbonyl (C=O) groups is 3. The van der Waals surface area contributed by atoms with Gasteiger partial charge in [0.15, 0.2) is 0 Å². The summed E-state index contributed by atoms with van der Waals surface area (Å²) in [5, 5.41) is 21.8. The third-order valence-corrected chi connectivity index (χ3v) is 15.6. The average molecular weight is 1090 g/mol. The molecule has 1 spiro atoms. The lowest BCUT2D eigenvalue weighted by Crippen LogP contribution is -2.59. The lowest BCUT2D eigenvalue weighted by Gasteiger charge is -2.48. The zero-order valence-corrected chi connectivity index (χ0v) is 48.2. The molecule has 0 unspecified atom stereocenters. The van der Waals surface area contributed by atoms with E-state index in [4.69, 9.17) is 38.1 Å². The molecular weight excluding hydrogens is 1000 g/mol. The molecule has 0 atom stereocenters. The molecule has 5 aliphatic heterocycles. The Morgan fingerprint density at radius 1 is 0.571 bits per heavy atom. The van der Waals surface area contributed by atoms with Crippen LogP contribution in [0.25, 0.3) is 14.5 Å². The van der Waals surface area contributed by atoms with Crippen molar-refractivity contribution >= 4 is 28.4 Å². The fraction of sp³-hybridized carbons (Fsp3) is 0.684. The Balaban J connectivity index is 0.000000228. The molecule has 3 amide bonds. The Morgan fingerprint density at radius 2 is 0.935 bits per heavy atom. The van der Waals surface area contributed by atoms with Crippen LogP contribution in [0.15, 0.2) is 59.5 Å². The van der Waals surface area contributed by atoms with E-state index < -0.39 is 44.0 Å². The molecule has 0 radical (unpaired) electrons. The fourth-order valence-corrected chi connectivity index (χ4v) is 9.99. The minimum absolute atomic E-state index is 0.00429. The highest BCUT2D eigenvalue weighted by Gasteiger charge is 2.46. The second-order valence-electron chi connectivity index (χ2n) is 24.1. The highest BCUT2D eigenvalue weighted by Crippen LogP contribution is 2.36. The number of hydrogen-bond acceptors (Lipinski definition) is 13. The van der Waals surface area contributed by atoms with Crippen LogP contribution in [0.5, 0.6) is 0 Å². The summed E-state index contributed by atoms with van der Waals surface area (Å²) in [5.74, 6) is 0. The number of amides is 3. The maximum absolute atomic E-state index is 12.4. The molecule has 77 heavy (non-hydrogen) atoms. The van der Waals surface area contributed by atoms with Gasteiger partial charge in [0.25, 0.3) is 26.7 Å². The number of aliphatic hydroxyl groups is 2. The molecule has 7 rings (SSSR count). The van der Waals surface area contributed by atoms with Crippen LogP contribution < -0.4 is 5.32 Å². The summed E-state index contributed by atoms with van der Waals surface area (Å²) >= 11 is 0. The fourth-order valence-electron chi connectivity index (χ4n) is 9.01. The quantitative estimate of drug-likeness (QED) is 0.129. The molecule has 3 N–H and O–H groups in total. The molecule has 0 aliphatic carbocycles. The van der Waals surface area contributed by atoms with Crippen LogP contribution in [0, 0.1) is 32.1 Å². The van der Waals surface area contributed by atoms with Crippen molar-refractivity contribution < 1.29 is 51.4 Å². The van der Waals surface area contributed by atoms with Gasteiger partial charge in [-0.3, -0.25) is 9.08 Å². The van der Waals surface area contributed by atoms with Gasteiger partial charge in [-0.05, 0) is 105 Å². The number of nitrogens with zero attached hydrogens (tertiary/aromatic N) is 7. The summed E-state index contributed by atoms with van der Waals surface area (Å²) in [5.41, 5.74) is -0.892. The van der Waals surface area contributed by atoms with Crippen molar-refractivity contribution in [3.8, 4) is 0 Å². The summed E-state index contributed by atoms with van der Waals surface area (Å²) in [6, 6.07) is 16.7. The smallest absolute Gasteiger partial charge is 0.410 e. The molecule has 5 heterocycles. The molecule has 5 aliphatic rings. The molecular formula is C57H86N8O11S. The first-order chi connectivity index (χ1) is 36.0. The number of likely N-dealkylation sites (tertiary alicyclic amines) is 4. The number of hydrogen-bond donors (Lipinski definition) is 3. The van der Waals surface area contributed by atoms with Crippen molar-refractivity contribution in [3.05, 3.63) is 100.0 Å². The van der Waals surface area contributed by atoms with Crippen LogP contribution in [-0.4, -0.2) is 175 Å². The maximum atomic E-state index is 12.4.